The third kappa shape index (κ3) is 7.78. The number of nitrogens with one attached hydrogen (secondary N) is 3. The Morgan fingerprint density at radius 2 is 1.03 bits per heavy atom. The number of nitrogens with zero attached hydrogens (tertiary/aromatic N) is 1. The summed E-state index contributed by atoms with van der Waals surface area (Å²) in [5.41, 5.74) is 6.09. The van der Waals surface area contributed by atoms with E-state index in [-0.39, 0.29) is 43.8 Å². The van der Waals surface area contributed by atoms with E-state index >= 15 is 0 Å². The minimum atomic E-state index is -0.240. The summed E-state index contributed by atoms with van der Waals surface area (Å²) in [4.78, 5) is 40.1. The second-order valence-corrected chi connectivity index (χ2v) is 9.00. The fraction of sp³-hybridized carbons (Fsp3) is 0.276. The van der Waals surface area contributed by atoms with Gasteiger partial charge in [-0.05, 0) is 62.1 Å². The van der Waals surface area contributed by atoms with E-state index in [2.05, 4.69) is 16.0 Å². The number of rotatable bonds is 10. The summed E-state index contributed by atoms with van der Waals surface area (Å²) in [6.07, 6.45) is 0.141. The summed E-state index contributed by atoms with van der Waals surface area (Å²) in [6.45, 7) is 7.95. The highest BCUT2D eigenvalue weighted by Gasteiger charge is 2.18. The summed E-state index contributed by atoms with van der Waals surface area (Å²) in [5, 5.41) is 8.78. The van der Waals surface area contributed by atoms with E-state index in [1.807, 2.05) is 94.4 Å². The fourth-order valence-electron chi connectivity index (χ4n) is 4.01. The number of carbonyl (C=O) groups is 3. The molecule has 3 amide bonds. The van der Waals surface area contributed by atoms with Crippen LogP contribution in [0.1, 0.15) is 28.7 Å². The van der Waals surface area contributed by atoms with Crippen LogP contribution in [0, 0.1) is 27.7 Å². The number of para-hydroxylation sites is 3. The van der Waals surface area contributed by atoms with Crippen molar-refractivity contribution >= 4 is 34.8 Å². The first-order valence-corrected chi connectivity index (χ1v) is 12.0. The quantitative estimate of drug-likeness (QED) is 0.383. The number of aryl methyl sites for hydroxylation is 4. The normalized spacial score (nSPS) is 10.7. The molecule has 0 aliphatic rings. The molecular weight excluding hydrogens is 452 g/mol. The van der Waals surface area contributed by atoms with Gasteiger partial charge in [0.2, 0.25) is 17.7 Å². The van der Waals surface area contributed by atoms with Crippen molar-refractivity contribution in [3.8, 4) is 0 Å². The highest BCUT2D eigenvalue weighted by atomic mass is 16.2. The number of hydrogen-bond acceptors (Lipinski definition) is 4. The molecule has 0 fully saturated rings. The van der Waals surface area contributed by atoms with E-state index in [0.717, 1.165) is 33.6 Å². The zero-order valence-electron chi connectivity index (χ0n) is 21.4. The van der Waals surface area contributed by atoms with Crippen LogP contribution in [0.15, 0.2) is 66.7 Å². The van der Waals surface area contributed by atoms with E-state index in [0.29, 0.717) is 5.69 Å². The van der Waals surface area contributed by atoms with Crippen molar-refractivity contribution in [3.05, 3.63) is 89.0 Å². The lowest BCUT2D eigenvalue weighted by Gasteiger charge is -2.22. The first-order chi connectivity index (χ1) is 17.2. The molecule has 0 atom stereocenters. The van der Waals surface area contributed by atoms with Crippen molar-refractivity contribution in [1.29, 1.82) is 0 Å². The van der Waals surface area contributed by atoms with E-state index in [1.165, 1.54) is 0 Å². The molecule has 0 aliphatic heterocycles. The van der Waals surface area contributed by atoms with E-state index in [1.54, 1.807) is 4.90 Å². The van der Waals surface area contributed by atoms with Gasteiger partial charge in [0.05, 0.1) is 13.1 Å². The van der Waals surface area contributed by atoms with Crippen LogP contribution in [0.5, 0.6) is 0 Å². The number of amides is 3. The second kappa shape index (κ2) is 12.7. The van der Waals surface area contributed by atoms with Gasteiger partial charge in [-0.25, -0.2) is 0 Å². The Hall–Kier alpha value is -3.97. The van der Waals surface area contributed by atoms with Gasteiger partial charge in [0.25, 0.3) is 0 Å². The maximum atomic E-state index is 12.9. The van der Waals surface area contributed by atoms with Crippen molar-refractivity contribution in [2.24, 2.45) is 0 Å². The highest BCUT2D eigenvalue weighted by Crippen LogP contribution is 2.20. The summed E-state index contributed by atoms with van der Waals surface area (Å²) in [5.74, 6) is -0.664. The monoisotopic (exact) mass is 486 g/mol. The van der Waals surface area contributed by atoms with Gasteiger partial charge in [-0.1, -0.05) is 54.6 Å². The lowest BCUT2D eigenvalue weighted by molar-refractivity contribution is -0.122. The Balaban J connectivity index is 1.67. The molecule has 0 bridgehead atoms. The smallest absolute Gasteiger partial charge is 0.238 e. The second-order valence-electron chi connectivity index (χ2n) is 9.00. The number of benzene rings is 3. The molecule has 0 saturated heterocycles. The molecule has 0 aliphatic carbocycles. The minimum absolute atomic E-state index is 0.0213. The van der Waals surface area contributed by atoms with Gasteiger partial charge in [0.1, 0.15) is 0 Å². The molecule has 0 aromatic heterocycles. The molecule has 3 aromatic rings. The number of carbonyl (C=O) groups excluding carboxylic acids is 3. The van der Waals surface area contributed by atoms with Crippen molar-refractivity contribution < 1.29 is 14.4 Å². The summed E-state index contributed by atoms with van der Waals surface area (Å²) in [7, 11) is 0. The van der Waals surface area contributed by atoms with Gasteiger partial charge >= 0.3 is 0 Å². The van der Waals surface area contributed by atoms with Gasteiger partial charge < -0.3 is 16.0 Å². The van der Waals surface area contributed by atoms with Crippen LogP contribution in [0.3, 0.4) is 0 Å². The average molecular weight is 487 g/mol. The van der Waals surface area contributed by atoms with Gasteiger partial charge in [-0.15, -0.1) is 0 Å². The molecule has 7 heteroatoms. The predicted octanol–water partition coefficient (Wildman–Crippen LogP) is 4.83. The molecule has 0 unspecified atom stereocenters. The van der Waals surface area contributed by atoms with Crippen LogP contribution < -0.4 is 16.0 Å². The van der Waals surface area contributed by atoms with Crippen LogP contribution in [0.25, 0.3) is 0 Å². The molecule has 3 N–H and O–H groups in total. The summed E-state index contributed by atoms with van der Waals surface area (Å²) >= 11 is 0. The predicted molar refractivity (Wildman–Crippen MR) is 145 cm³/mol. The Kier molecular flexibility index (Phi) is 9.36. The highest BCUT2D eigenvalue weighted by molar-refractivity contribution is 5.96. The standard InChI is InChI=1S/C29H34N4O3/c1-20-10-8-11-21(2)28(20)31-26(35)18-33(17-16-25(34)30-24-14-6-5-7-15-24)19-27(36)32-29-22(3)12-9-13-23(29)4/h5-15H,16-19H2,1-4H3,(H,30,34)(H,31,35)(H,32,36). The Morgan fingerprint density at radius 1 is 0.583 bits per heavy atom. The third-order valence-corrected chi connectivity index (χ3v) is 5.94. The van der Waals surface area contributed by atoms with Crippen molar-refractivity contribution in [2.45, 2.75) is 34.1 Å². The zero-order chi connectivity index (χ0) is 26.1. The fourth-order valence-corrected chi connectivity index (χ4v) is 4.01. The molecule has 3 rings (SSSR count). The number of anilines is 3. The third-order valence-electron chi connectivity index (χ3n) is 5.94. The Bertz CT molecular complexity index is 1120. The molecule has 0 heterocycles. The minimum Gasteiger partial charge on any atom is -0.326 e. The van der Waals surface area contributed by atoms with Crippen molar-refractivity contribution in [2.75, 3.05) is 35.6 Å². The van der Waals surface area contributed by atoms with Gasteiger partial charge in [-0.3, -0.25) is 19.3 Å². The first kappa shape index (κ1) is 26.6. The van der Waals surface area contributed by atoms with Crippen molar-refractivity contribution in [3.63, 3.8) is 0 Å². The molecule has 3 aromatic carbocycles. The van der Waals surface area contributed by atoms with Crippen LogP contribution >= 0.6 is 0 Å². The topological polar surface area (TPSA) is 90.5 Å². The van der Waals surface area contributed by atoms with Crippen LogP contribution in [-0.4, -0.2) is 42.3 Å². The van der Waals surface area contributed by atoms with Gasteiger partial charge in [0, 0.05) is 30.0 Å². The Labute approximate surface area is 212 Å². The van der Waals surface area contributed by atoms with E-state index in [9.17, 15) is 14.4 Å². The summed E-state index contributed by atoms with van der Waals surface area (Å²) in [6, 6.07) is 20.8. The first-order valence-electron chi connectivity index (χ1n) is 12.0. The van der Waals surface area contributed by atoms with Crippen LogP contribution in [0.4, 0.5) is 17.1 Å². The van der Waals surface area contributed by atoms with Gasteiger partial charge in [0.15, 0.2) is 0 Å². The molecule has 0 radical (unpaired) electrons. The van der Waals surface area contributed by atoms with E-state index in [4.69, 9.17) is 0 Å². The van der Waals surface area contributed by atoms with Crippen LogP contribution in [-0.2, 0) is 14.4 Å². The summed E-state index contributed by atoms with van der Waals surface area (Å²) < 4.78 is 0. The SMILES string of the molecule is Cc1cccc(C)c1NC(=O)CN(CCC(=O)Nc1ccccc1)CC(=O)Nc1c(C)cccc1C. The zero-order valence-corrected chi connectivity index (χ0v) is 21.4. The molecule has 36 heavy (non-hydrogen) atoms. The molecule has 0 spiro atoms. The van der Waals surface area contributed by atoms with Crippen LogP contribution in [0.2, 0.25) is 0 Å². The Morgan fingerprint density at radius 3 is 1.47 bits per heavy atom. The maximum Gasteiger partial charge on any atom is 0.238 e. The number of hydrogen-bond donors (Lipinski definition) is 3. The average Bonchev–Trinajstić information content (AvgIpc) is 2.83. The maximum absolute atomic E-state index is 12.9. The largest absolute Gasteiger partial charge is 0.326 e. The molecule has 188 valence electrons. The van der Waals surface area contributed by atoms with Gasteiger partial charge in [-0.2, -0.15) is 0 Å². The lowest BCUT2D eigenvalue weighted by atomic mass is 10.1. The molecule has 7 nitrogen and oxygen atoms in total. The molecule has 0 saturated carbocycles. The molecular formula is C29H34N4O3. The lowest BCUT2D eigenvalue weighted by Crippen LogP contribution is -2.40. The van der Waals surface area contributed by atoms with E-state index < -0.39 is 0 Å². The van der Waals surface area contributed by atoms with Crippen molar-refractivity contribution in [1.82, 2.24) is 4.90 Å².